The third kappa shape index (κ3) is 4.26. The van der Waals surface area contributed by atoms with Gasteiger partial charge in [-0.05, 0) is 37.9 Å². The number of aliphatic hydroxyl groups is 1. The Morgan fingerprint density at radius 3 is 2.94 bits per heavy atom. The van der Waals surface area contributed by atoms with Gasteiger partial charge in [-0.15, -0.1) is 0 Å². The number of nitrogens with zero attached hydrogens (tertiary/aromatic N) is 5. The van der Waals surface area contributed by atoms with Gasteiger partial charge in [0.2, 0.25) is 0 Å². The van der Waals surface area contributed by atoms with Crippen LogP contribution < -0.4 is 16.0 Å². The van der Waals surface area contributed by atoms with E-state index in [1.807, 2.05) is 35.1 Å². The number of rotatable bonds is 7. The minimum absolute atomic E-state index is 0.205. The van der Waals surface area contributed by atoms with Gasteiger partial charge in [0.1, 0.15) is 17.3 Å². The predicted molar refractivity (Wildman–Crippen MR) is 130 cm³/mol. The number of β-amino-alcohol motifs (C(OH)–C–C–N with tert-alkyl or cyclic N) is 1. The van der Waals surface area contributed by atoms with Crippen LogP contribution in [-0.4, -0.2) is 54.8 Å². The second-order valence-corrected chi connectivity index (χ2v) is 9.18. The third-order valence-corrected chi connectivity index (χ3v) is 6.50. The highest BCUT2D eigenvalue weighted by atomic mass is 16.3. The molecule has 2 atom stereocenters. The van der Waals surface area contributed by atoms with E-state index in [2.05, 4.69) is 57.3 Å². The van der Waals surface area contributed by atoms with Crippen molar-refractivity contribution in [2.75, 3.05) is 30.3 Å². The van der Waals surface area contributed by atoms with E-state index < -0.39 is 0 Å². The zero-order chi connectivity index (χ0) is 22.9. The average molecular weight is 449 g/mol. The summed E-state index contributed by atoms with van der Waals surface area (Å²) in [5.41, 5.74) is 5.12. The standard InChI is InChI=1S/C24H32N8O/c1-15(2)19-13-29-32-23(28-12-18-11-27-22-6-4-5-16(3)31(18)22)9-21(30-24(19)32)26-10-17-7-8-25-14-20(17)33/h4-6,9,11,13,15,17,20,25,28,33H,7-8,10,12,14H2,1-3H3,(H,26,30)/t17-,20+/m1/s1. The number of imidazole rings is 1. The Bertz CT molecular complexity index is 1260. The Labute approximate surface area is 193 Å². The second kappa shape index (κ2) is 8.99. The van der Waals surface area contributed by atoms with E-state index in [0.29, 0.717) is 25.6 Å². The summed E-state index contributed by atoms with van der Waals surface area (Å²) >= 11 is 0. The minimum Gasteiger partial charge on any atom is -0.391 e. The number of hydrogen-bond acceptors (Lipinski definition) is 7. The van der Waals surface area contributed by atoms with Crippen LogP contribution in [0.4, 0.5) is 11.6 Å². The SMILES string of the molecule is Cc1cccc2ncc(CNc3cc(NC[C@H]4CCNC[C@@H]4O)nc4c(C(C)C)cnn34)n12. The lowest BCUT2D eigenvalue weighted by atomic mass is 9.95. The molecule has 0 aliphatic carbocycles. The Morgan fingerprint density at radius 1 is 1.24 bits per heavy atom. The molecule has 0 bridgehead atoms. The number of fused-ring (bicyclic) bond motifs is 2. The van der Waals surface area contributed by atoms with Crippen LogP contribution in [0, 0.1) is 12.8 Å². The maximum atomic E-state index is 10.3. The first-order chi connectivity index (χ1) is 16.0. The quantitative estimate of drug-likeness (QED) is 0.345. The Balaban J connectivity index is 1.43. The van der Waals surface area contributed by atoms with E-state index in [9.17, 15) is 5.11 Å². The van der Waals surface area contributed by atoms with E-state index in [0.717, 1.165) is 52.8 Å². The summed E-state index contributed by atoms with van der Waals surface area (Å²) in [5, 5.41) is 25.2. The topological polar surface area (TPSA) is 104 Å². The normalized spacial score (nSPS) is 18.9. The molecule has 0 aromatic carbocycles. The molecular weight excluding hydrogens is 416 g/mol. The first-order valence-electron chi connectivity index (χ1n) is 11.7. The maximum Gasteiger partial charge on any atom is 0.163 e. The van der Waals surface area contributed by atoms with Gasteiger partial charge in [-0.2, -0.15) is 9.61 Å². The fourth-order valence-electron chi connectivity index (χ4n) is 4.56. The molecule has 1 aliphatic rings. The van der Waals surface area contributed by atoms with Crippen molar-refractivity contribution < 1.29 is 5.11 Å². The number of hydrogen-bond donors (Lipinski definition) is 4. The number of aryl methyl sites for hydroxylation is 1. The van der Waals surface area contributed by atoms with Gasteiger partial charge in [0.25, 0.3) is 0 Å². The fourth-order valence-corrected chi connectivity index (χ4v) is 4.56. The summed E-state index contributed by atoms with van der Waals surface area (Å²) in [5.74, 6) is 2.17. The van der Waals surface area contributed by atoms with Crippen molar-refractivity contribution in [1.82, 2.24) is 29.3 Å². The summed E-state index contributed by atoms with van der Waals surface area (Å²) in [6, 6.07) is 8.12. The second-order valence-electron chi connectivity index (χ2n) is 9.18. The smallest absolute Gasteiger partial charge is 0.163 e. The lowest BCUT2D eigenvalue weighted by Crippen LogP contribution is -2.43. The largest absolute Gasteiger partial charge is 0.391 e. The molecule has 33 heavy (non-hydrogen) atoms. The van der Waals surface area contributed by atoms with Gasteiger partial charge < -0.3 is 21.1 Å². The van der Waals surface area contributed by atoms with Crippen molar-refractivity contribution in [2.45, 2.75) is 45.8 Å². The molecule has 9 heteroatoms. The molecule has 0 spiro atoms. The molecule has 1 saturated heterocycles. The molecule has 0 amide bonds. The van der Waals surface area contributed by atoms with Crippen molar-refractivity contribution in [3.63, 3.8) is 0 Å². The Kier molecular flexibility index (Phi) is 5.90. The number of aliphatic hydroxyl groups excluding tert-OH is 1. The van der Waals surface area contributed by atoms with Crippen molar-refractivity contribution in [3.8, 4) is 0 Å². The van der Waals surface area contributed by atoms with Crippen LogP contribution in [0.25, 0.3) is 11.3 Å². The number of anilines is 2. The number of aromatic nitrogens is 5. The molecule has 5 heterocycles. The van der Waals surface area contributed by atoms with Crippen molar-refractivity contribution in [2.24, 2.45) is 5.92 Å². The molecule has 0 saturated carbocycles. The summed E-state index contributed by atoms with van der Waals surface area (Å²) in [4.78, 5) is 9.40. The summed E-state index contributed by atoms with van der Waals surface area (Å²) in [7, 11) is 0. The van der Waals surface area contributed by atoms with E-state index in [1.165, 1.54) is 0 Å². The highest BCUT2D eigenvalue weighted by Gasteiger charge is 2.23. The van der Waals surface area contributed by atoms with Gasteiger partial charge in [0.15, 0.2) is 5.65 Å². The van der Waals surface area contributed by atoms with Gasteiger partial charge in [0.05, 0.1) is 30.7 Å². The fraction of sp³-hybridized carbons (Fsp3) is 0.458. The third-order valence-electron chi connectivity index (χ3n) is 6.50. The molecule has 4 N–H and O–H groups in total. The molecule has 0 radical (unpaired) electrons. The predicted octanol–water partition coefficient (Wildman–Crippen LogP) is 2.80. The molecule has 5 rings (SSSR count). The molecule has 9 nitrogen and oxygen atoms in total. The van der Waals surface area contributed by atoms with Crippen LogP contribution in [0.3, 0.4) is 0 Å². The van der Waals surface area contributed by atoms with E-state index in [-0.39, 0.29) is 12.0 Å². The zero-order valence-corrected chi connectivity index (χ0v) is 19.4. The van der Waals surface area contributed by atoms with Gasteiger partial charge in [0, 0.05) is 36.3 Å². The molecule has 1 fully saturated rings. The lowest BCUT2D eigenvalue weighted by Gasteiger charge is -2.28. The number of nitrogens with one attached hydrogen (secondary N) is 3. The van der Waals surface area contributed by atoms with Crippen LogP contribution in [0.2, 0.25) is 0 Å². The molecule has 0 unspecified atom stereocenters. The van der Waals surface area contributed by atoms with Crippen molar-refractivity contribution in [1.29, 1.82) is 0 Å². The molecule has 4 aromatic heterocycles. The summed E-state index contributed by atoms with van der Waals surface area (Å²) in [6.45, 7) is 9.25. The maximum absolute atomic E-state index is 10.3. The highest BCUT2D eigenvalue weighted by molar-refractivity contribution is 5.61. The van der Waals surface area contributed by atoms with E-state index in [1.54, 1.807) is 0 Å². The van der Waals surface area contributed by atoms with E-state index in [4.69, 9.17) is 4.98 Å². The highest BCUT2D eigenvalue weighted by Crippen LogP contribution is 2.25. The van der Waals surface area contributed by atoms with E-state index >= 15 is 0 Å². The minimum atomic E-state index is -0.341. The lowest BCUT2D eigenvalue weighted by molar-refractivity contribution is 0.0883. The monoisotopic (exact) mass is 448 g/mol. The van der Waals surface area contributed by atoms with Crippen molar-refractivity contribution in [3.05, 3.63) is 53.6 Å². The van der Waals surface area contributed by atoms with Gasteiger partial charge in [-0.3, -0.25) is 4.40 Å². The van der Waals surface area contributed by atoms with Gasteiger partial charge >= 0.3 is 0 Å². The summed E-state index contributed by atoms with van der Waals surface area (Å²) < 4.78 is 4.03. The average Bonchev–Trinajstić information content (AvgIpc) is 3.42. The zero-order valence-electron chi connectivity index (χ0n) is 19.4. The molecule has 174 valence electrons. The van der Waals surface area contributed by atoms with Gasteiger partial charge in [-0.25, -0.2) is 9.97 Å². The molecule has 1 aliphatic heterocycles. The van der Waals surface area contributed by atoms with Crippen LogP contribution in [-0.2, 0) is 6.54 Å². The number of pyridine rings is 1. The first kappa shape index (κ1) is 21.7. The van der Waals surface area contributed by atoms with Crippen LogP contribution in [0.15, 0.2) is 36.7 Å². The molecular formula is C24H32N8O. The number of piperidine rings is 1. The van der Waals surface area contributed by atoms with Gasteiger partial charge in [-0.1, -0.05) is 19.9 Å². The molecule has 4 aromatic rings. The Hall–Kier alpha value is -3.17. The van der Waals surface area contributed by atoms with Crippen LogP contribution in [0.1, 0.15) is 43.1 Å². The van der Waals surface area contributed by atoms with Crippen LogP contribution >= 0.6 is 0 Å². The summed E-state index contributed by atoms with van der Waals surface area (Å²) in [6.07, 6.45) is 4.41. The van der Waals surface area contributed by atoms with Crippen molar-refractivity contribution >= 4 is 22.9 Å². The van der Waals surface area contributed by atoms with Crippen LogP contribution in [0.5, 0.6) is 0 Å². The Morgan fingerprint density at radius 2 is 2.12 bits per heavy atom. The first-order valence-corrected chi connectivity index (χ1v) is 11.7.